The van der Waals surface area contributed by atoms with Gasteiger partial charge in [0.1, 0.15) is 5.82 Å². The molecule has 2 amide bonds. The van der Waals surface area contributed by atoms with Crippen LogP contribution in [-0.2, 0) is 18.4 Å². The number of nitrogens with zero attached hydrogens (tertiary/aromatic N) is 2. The topological polar surface area (TPSA) is 45.2 Å². The molecule has 0 atom stereocenters. The van der Waals surface area contributed by atoms with Crippen molar-refractivity contribution in [2.75, 3.05) is 13.6 Å². The summed E-state index contributed by atoms with van der Waals surface area (Å²) in [6.07, 6.45) is 0.719. The summed E-state index contributed by atoms with van der Waals surface area (Å²) in [7, 11) is 1.72. The molecule has 0 saturated carbocycles. The molecule has 0 spiro atoms. The maximum atomic E-state index is 12.9. The molecule has 0 saturated heterocycles. The Morgan fingerprint density at radius 3 is 2.54 bits per heavy atom. The van der Waals surface area contributed by atoms with Gasteiger partial charge in [-0.05, 0) is 17.7 Å². The van der Waals surface area contributed by atoms with Crippen molar-refractivity contribution in [3.63, 3.8) is 0 Å². The Morgan fingerprint density at radius 1 is 1.29 bits per heavy atom. The van der Waals surface area contributed by atoms with Crippen LogP contribution in [0.1, 0.15) is 37.0 Å². The average molecular weight is 349 g/mol. The van der Waals surface area contributed by atoms with Gasteiger partial charge in [0, 0.05) is 37.4 Å². The van der Waals surface area contributed by atoms with E-state index in [9.17, 15) is 9.18 Å². The zero-order chi connectivity index (χ0) is 17.7. The largest absolute Gasteiger partial charge is 0.338 e. The van der Waals surface area contributed by atoms with Gasteiger partial charge in [0.2, 0.25) is 0 Å². The number of thiazole rings is 1. The number of nitrogens with one attached hydrogen (secondary N) is 1. The van der Waals surface area contributed by atoms with Gasteiger partial charge in [-0.1, -0.05) is 32.9 Å². The lowest BCUT2D eigenvalue weighted by Gasteiger charge is -2.18. The van der Waals surface area contributed by atoms with E-state index >= 15 is 0 Å². The smallest absolute Gasteiger partial charge is 0.317 e. The first kappa shape index (κ1) is 18.4. The summed E-state index contributed by atoms with van der Waals surface area (Å²) < 4.78 is 12.9. The molecule has 6 heteroatoms. The number of hydrogen-bond donors (Lipinski definition) is 1. The molecular formula is C18H24FN3OS. The Labute approximate surface area is 146 Å². The van der Waals surface area contributed by atoms with Gasteiger partial charge in [-0.3, -0.25) is 0 Å². The van der Waals surface area contributed by atoms with Gasteiger partial charge >= 0.3 is 6.03 Å². The molecule has 0 radical (unpaired) electrons. The Hall–Kier alpha value is -1.95. The number of carbonyl (C=O) groups is 1. The van der Waals surface area contributed by atoms with E-state index in [-0.39, 0.29) is 17.3 Å². The van der Waals surface area contributed by atoms with E-state index in [1.165, 1.54) is 12.1 Å². The average Bonchev–Trinajstić information content (AvgIpc) is 2.98. The first-order valence-corrected chi connectivity index (χ1v) is 8.82. The molecule has 0 unspecified atom stereocenters. The quantitative estimate of drug-likeness (QED) is 0.888. The van der Waals surface area contributed by atoms with E-state index in [0.717, 1.165) is 22.7 Å². The molecule has 1 heterocycles. The zero-order valence-electron chi connectivity index (χ0n) is 14.6. The lowest BCUT2D eigenvalue weighted by Crippen LogP contribution is -2.37. The minimum absolute atomic E-state index is 0.0490. The summed E-state index contributed by atoms with van der Waals surface area (Å²) in [5, 5.41) is 6.00. The molecule has 0 fully saturated rings. The van der Waals surface area contributed by atoms with Gasteiger partial charge in [0.05, 0.1) is 10.7 Å². The summed E-state index contributed by atoms with van der Waals surface area (Å²) in [4.78, 5) is 18.3. The van der Waals surface area contributed by atoms with Crippen LogP contribution in [0.15, 0.2) is 29.6 Å². The Balaban J connectivity index is 1.78. The molecule has 130 valence electrons. The SMILES string of the molecule is CN(Cc1ccc(F)cc1)C(=O)NCCc1nc(C(C)(C)C)cs1. The van der Waals surface area contributed by atoms with Crippen LogP contribution in [0.25, 0.3) is 0 Å². The molecule has 0 aliphatic rings. The van der Waals surface area contributed by atoms with Crippen LogP contribution in [0.3, 0.4) is 0 Å². The normalized spacial score (nSPS) is 11.4. The number of hydrogen-bond acceptors (Lipinski definition) is 3. The number of urea groups is 1. The third-order valence-corrected chi connectivity index (χ3v) is 4.52. The first-order chi connectivity index (χ1) is 11.3. The molecule has 0 aliphatic carbocycles. The van der Waals surface area contributed by atoms with Gasteiger partial charge in [-0.2, -0.15) is 0 Å². The lowest BCUT2D eigenvalue weighted by atomic mass is 9.93. The molecule has 1 N–H and O–H groups in total. The van der Waals surface area contributed by atoms with Crippen LogP contribution in [0.2, 0.25) is 0 Å². The fourth-order valence-electron chi connectivity index (χ4n) is 2.12. The summed E-state index contributed by atoms with van der Waals surface area (Å²) in [5.74, 6) is -0.274. The molecule has 2 rings (SSSR count). The van der Waals surface area contributed by atoms with Crippen molar-refractivity contribution in [1.82, 2.24) is 15.2 Å². The molecule has 0 bridgehead atoms. The summed E-state index contributed by atoms with van der Waals surface area (Å²) in [6.45, 7) is 7.40. The van der Waals surface area contributed by atoms with E-state index in [4.69, 9.17) is 0 Å². The van der Waals surface area contributed by atoms with Crippen molar-refractivity contribution < 1.29 is 9.18 Å². The van der Waals surface area contributed by atoms with Crippen molar-refractivity contribution in [3.8, 4) is 0 Å². The van der Waals surface area contributed by atoms with Crippen LogP contribution in [0, 0.1) is 5.82 Å². The number of carbonyl (C=O) groups excluding carboxylic acids is 1. The van der Waals surface area contributed by atoms with Gasteiger partial charge in [0.25, 0.3) is 0 Å². The second kappa shape index (κ2) is 7.75. The third kappa shape index (κ3) is 5.30. The molecule has 2 aromatic rings. The highest BCUT2D eigenvalue weighted by Crippen LogP contribution is 2.23. The maximum absolute atomic E-state index is 12.9. The summed E-state index contributed by atoms with van der Waals surface area (Å²) >= 11 is 1.63. The number of halogens is 1. The van der Waals surface area contributed by atoms with E-state index in [0.29, 0.717) is 13.1 Å². The van der Waals surface area contributed by atoms with Crippen LogP contribution < -0.4 is 5.32 Å². The highest BCUT2D eigenvalue weighted by Gasteiger charge is 2.17. The second-order valence-electron chi connectivity index (χ2n) is 6.84. The van der Waals surface area contributed by atoms with E-state index in [1.807, 2.05) is 0 Å². The zero-order valence-corrected chi connectivity index (χ0v) is 15.4. The summed E-state index contributed by atoms with van der Waals surface area (Å²) in [5.41, 5.74) is 2.03. The molecule has 24 heavy (non-hydrogen) atoms. The van der Waals surface area contributed by atoms with Crippen molar-refractivity contribution in [3.05, 3.63) is 51.7 Å². The Bertz CT molecular complexity index is 676. The number of amides is 2. The van der Waals surface area contributed by atoms with Crippen molar-refractivity contribution in [2.45, 2.75) is 39.2 Å². The molecule has 1 aromatic heterocycles. The van der Waals surface area contributed by atoms with Gasteiger partial charge in [-0.25, -0.2) is 14.2 Å². The van der Waals surface area contributed by atoms with Crippen LogP contribution in [0.5, 0.6) is 0 Å². The predicted molar refractivity (Wildman–Crippen MR) is 95.8 cm³/mol. The number of aromatic nitrogens is 1. The van der Waals surface area contributed by atoms with Crippen molar-refractivity contribution in [2.24, 2.45) is 0 Å². The van der Waals surface area contributed by atoms with Gasteiger partial charge in [0.15, 0.2) is 0 Å². The molecule has 4 nitrogen and oxygen atoms in total. The minimum Gasteiger partial charge on any atom is -0.338 e. The van der Waals surface area contributed by atoms with E-state index in [1.54, 1.807) is 35.4 Å². The monoisotopic (exact) mass is 349 g/mol. The van der Waals surface area contributed by atoms with Gasteiger partial charge in [-0.15, -0.1) is 11.3 Å². The Kier molecular flexibility index (Phi) is 5.94. The highest BCUT2D eigenvalue weighted by atomic mass is 32.1. The standard InChI is InChI=1S/C18H24FN3OS/c1-18(2,3)15-12-24-16(21-15)9-10-20-17(23)22(4)11-13-5-7-14(19)8-6-13/h5-8,12H,9-11H2,1-4H3,(H,20,23). The molecule has 0 aliphatic heterocycles. The fourth-order valence-corrected chi connectivity index (χ4v) is 3.14. The Morgan fingerprint density at radius 2 is 1.96 bits per heavy atom. The predicted octanol–water partition coefficient (Wildman–Crippen LogP) is 3.96. The lowest BCUT2D eigenvalue weighted by molar-refractivity contribution is 0.207. The maximum Gasteiger partial charge on any atom is 0.317 e. The number of rotatable bonds is 5. The van der Waals surface area contributed by atoms with Crippen molar-refractivity contribution >= 4 is 17.4 Å². The summed E-state index contributed by atoms with van der Waals surface area (Å²) in [6, 6.07) is 6.02. The van der Waals surface area contributed by atoms with Crippen LogP contribution >= 0.6 is 11.3 Å². The van der Waals surface area contributed by atoms with E-state index < -0.39 is 0 Å². The van der Waals surface area contributed by atoms with Crippen molar-refractivity contribution in [1.29, 1.82) is 0 Å². The third-order valence-electron chi connectivity index (χ3n) is 3.61. The second-order valence-corrected chi connectivity index (χ2v) is 7.78. The minimum atomic E-state index is -0.274. The fraction of sp³-hybridized carbons (Fsp3) is 0.444. The van der Waals surface area contributed by atoms with Crippen LogP contribution in [-0.4, -0.2) is 29.5 Å². The molecule has 1 aromatic carbocycles. The number of benzene rings is 1. The highest BCUT2D eigenvalue weighted by molar-refractivity contribution is 7.09. The molecular weight excluding hydrogens is 325 g/mol. The first-order valence-electron chi connectivity index (χ1n) is 7.94. The van der Waals surface area contributed by atoms with Crippen LogP contribution in [0.4, 0.5) is 9.18 Å². The van der Waals surface area contributed by atoms with E-state index in [2.05, 4.69) is 36.5 Å². The van der Waals surface area contributed by atoms with Gasteiger partial charge < -0.3 is 10.2 Å².